The topological polar surface area (TPSA) is 37.8 Å². The lowest BCUT2D eigenvalue weighted by atomic mass is 10.2. The Bertz CT molecular complexity index is 639. The van der Waals surface area contributed by atoms with Crippen LogP contribution in [0.1, 0.15) is 18.3 Å². The van der Waals surface area contributed by atoms with Crippen molar-refractivity contribution >= 4 is 34.7 Å². The SMILES string of the molecule is CCc1nc(Cl)c(C)c(Nc2c(F)cc(F)cc2Cl)n1. The molecule has 0 radical (unpaired) electrons. The first-order valence-corrected chi connectivity index (χ1v) is 6.62. The minimum absolute atomic E-state index is 0.0482. The summed E-state index contributed by atoms with van der Waals surface area (Å²) >= 11 is 11.8. The van der Waals surface area contributed by atoms with Gasteiger partial charge in [-0.1, -0.05) is 30.1 Å². The molecule has 106 valence electrons. The molecule has 3 nitrogen and oxygen atoms in total. The molecule has 0 amide bonds. The lowest BCUT2D eigenvalue weighted by Gasteiger charge is -2.13. The van der Waals surface area contributed by atoms with E-state index in [1.165, 1.54) is 0 Å². The van der Waals surface area contributed by atoms with E-state index in [4.69, 9.17) is 23.2 Å². The van der Waals surface area contributed by atoms with Crippen molar-refractivity contribution in [1.82, 2.24) is 9.97 Å². The van der Waals surface area contributed by atoms with E-state index in [9.17, 15) is 8.78 Å². The molecular formula is C13H11Cl2F2N3. The van der Waals surface area contributed by atoms with Gasteiger partial charge < -0.3 is 5.32 Å². The Hall–Kier alpha value is -1.46. The van der Waals surface area contributed by atoms with Gasteiger partial charge in [0, 0.05) is 18.1 Å². The maximum atomic E-state index is 13.7. The number of aryl methyl sites for hydroxylation is 1. The highest BCUT2D eigenvalue weighted by Crippen LogP contribution is 2.31. The van der Waals surface area contributed by atoms with E-state index in [2.05, 4.69) is 15.3 Å². The van der Waals surface area contributed by atoms with E-state index in [0.717, 1.165) is 12.1 Å². The third-order valence-corrected chi connectivity index (χ3v) is 3.37. The van der Waals surface area contributed by atoms with Crippen molar-refractivity contribution < 1.29 is 8.78 Å². The Kier molecular flexibility index (Phi) is 4.40. The van der Waals surface area contributed by atoms with E-state index in [-0.39, 0.29) is 15.9 Å². The highest BCUT2D eigenvalue weighted by atomic mass is 35.5. The van der Waals surface area contributed by atoms with Gasteiger partial charge in [-0.05, 0) is 13.0 Å². The molecule has 7 heteroatoms. The Morgan fingerprint density at radius 3 is 2.50 bits per heavy atom. The van der Waals surface area contributed by atoms with Crippen molar-refractivity contribution in [2.24, 2.45) is 0 Å². The van der Waals surface area contributed by atoms with Crippen LogP contribution in [0.3, 0.4) is 0 Å². The van der Waals surface area contributed by atoms with Crippen LogP contribution in [0, 0.1) is 18.6 Å². The third-order valence-electron chi connectivity index (χ3n) is 2.70. The highest BCUT2D eigenvalue weighted by Gasteiger charge is 2.14. The number of hydrogen-bond acceptors (Lipinski definition) is 3. The summed E-state index contributed by atoms with van der Waals surface area (Å²) < 4.78 is 26.8. The number of benzene rings is 1. The Morgan fingerprint density at radius 1 is 1.20 bits per heavy atom. The fourth-order valence-electron chi connectivity index (χ4n) is 1.59. The summed E-state index contributed by atoms with van der Waals surface area (Å²) in [6.07, 6.45) is 0.578. The fraction of sp³-hybridized carbons (Fsp3) is 0.231. The van der Waals surface area contributed by atoms with Gasteiger partial charge in [0.05, 0.1) is 10.7 Å². The van der Waals surface area contributed by atoms with Crippen molar-refractivity contribution in [1.29, 1.82) is 0 Å². The molecule has 1 aromatic heterocycles. The van der Waals surface area contributed by atoms with Crippen LogP contribution >= 0.6 is 23.2 Å². The second kappa shape index (κ2) is 5.89. The molecule has 1 heterocycles. The normalized spacial score (nSPS) is 10.7. The van der Waals surface area contributed by atoms with Crippen LogP contribution in [0.15, 0.2) is 12.1 Å². The Balaban J connectivity index is 2.47. The minimum Gasteiger partial charge on any atom is -0.336 e. The molecule has 0 saturated carbocycles. The molecule has 1 N–H and O–H groups in total. The average molecular weight is 318 g/mol. The van der Waals surface area contributed by atoms with E-state index >= 15 is 0 Å². The average Bonchev–Trinajstić information content (AvgIpc) is 2.38. The Labute approximate surface area is 125 Å². The highest BCUT2D eigenvalue weighted by molar-refractivity contribution is 6.33. The molecule has 0 spiro atoms. The maximum Gasteiger partial charge on any atom is 0.151 e. The summed E-state index contributed by atoms with van der Waals surface area (Å²) in [6, 6.07) is 1.76. The van der Waals surface area contributed by atoms with Gasteiger partial charge in [-0.15, -0.1) is 0 Å². The van der Waals surface area contributed by atoms with Gasteiger partial charge in [-0.3, -0.25) is 0 Å². The third kappa shape index (κ3) is 2.99. The van der Waals surface area contributed by atoms with Crippen molar-refractivity contribution in [3.8, 4) is 0 Å². The van der Waals surface area contributed by atoms with Crippen LogP contribution < -0.4 is 5.32 Å². The predicted molar refractivity (Wildman–Crippen MR) is 75.8 cm³/mol. The second-order valence-corrected chi connectivity index (χ2v) is 4.89. The minimum atomic E-state index is -0.804. The van der Waals surface area contributed by atoms with Crippen molar-refractivity contribution in [3.63, 3.8) is 0 Å². The number of hydrogen-bond donors (Lipinski definition) is 1. The smallest absolute Gasteiger partial charge is 0.151 e. The van der Waals surface area contributed by atoms with Gasteiger partial charge in [0.25, 0.3) is 0 Å². The molecule has 0 atom stereocenters. The molecule has 0 aliphatic carbocycles. The number of aromatic nitrogens is 2. The van der Waals surface area contributed by atoms with Gasteiger partial charge in [-0.25, -0.2) is 18.7 Å². The second-order valence-electron chi connectivity index (χ2n) is 4.13. The number of anilines is 2. The quantitative estimate of drug-likeness (QED) is 0.835. The number of rotatable bonds is 3. The lowest BCUT2D eigenvalue weighted by molar-refractivity contribution is 0.586. The zero-order chi connectivity index (χ0) is 14.9. The monoisotopic (exact) mass is 317 g/mol. The van der Waals surface area contributed by atoms with E-state index < -0.39 is 11.6 Å². The molecule has 1 aromatic carbocycles. The molecule has 0 fully saturated rings. The summed E-state index contributed by atoms with van der Waals surface area (Å²) in [5, 5.41) is 2.94. The molecule has 0 aliphatic heterocycles. The summed E-state index contributed by atoms with van der Waals surface area (Å²) in [6.45, 7) is 3.57. The zero-order valence-electron chi connectivity index (χ0n) is 10.8. The summed E-state index contributed by atoms with van der Waals surface area (Å²) in [5.41, 5.74) is 0.511. The van der Waals surface area contributed by atoms with Crippen LogP contribution in [-0.4, -0.2) is 9.97 Å². The van der Waals surface area contributed by atoms with E-state index in [0.29, 0.717) is 23.6 Å². The number of halogens is 4. The summed E-state index contributed by atoms with van der Waals surface area (Å²) in [5.74, 6) is -0.692. The molecule has 0 bridgehead atoms. The summed E-state index contributed by atoms with van der Waals surface area (Å²) in [7, 11) is 0. The molecule has 0 unspecified atom stereocenters. The fourth-order valence-corrected chi connectivity index (χ4v) is 2.02. The zero-order valence-corrected chi connectivity index (χ0v) is 12.3. The molecule has 2 rings (SSSR count). The van der Waals surface area contributed by atoms with Gasteiger partial charge >= 0.3 is 0 Å². The van der Waals surface area contributed by atoms with Crippen molar-refractivity contribution in [2.75, 3.05) is 5.32 Å². The summed E-state index contributed by atoms with van der Waals surface area (Å²) in [4.78, 5) is 8.31. The van der Waals surface area contributed by atoms with Crippen LogP contribution in [0.2, 0.25) is 10.2 Å². The van der Waals surface area contributed by atoms with Gasteiger partial charge in [-0.2, -0.15) is 0 Å². The first kappa shape index (κ1) is 14.9. The lowest BCUT2D eigenvalue weighted by Crippen LogP contribution is -2.05. The van der Waals surface area contributed by atoms with Crippen LogP contribution in [0.25, 0.3) is 0 Å². The largest absolute Gasteiger partial charge is 0.336 e. The standard InChI is InChI=1S/C13H11Cl2F2N3/c1-3-10-18-12(15)6(2)13(19-10)20-11-8(14)4-7(16)5-9(11)17/h4-5H,3H2,1-2H3,(H,18,19,20). The van der Waals surface area contributed by atoms with Gasteiger partial charge in [0.1, 0.15) is 22.6 Å². The van der Waals surface area contributed by atoms with Crippen LogP contribution in [0.4, 0.5) is 20.3 Å². The molecule has 2 aromatic rings. The predicted octanol–water partition coefficient (Wildman–Crippen LogP) is 4.68. The first-order valence-electron chi connectivity index (χ1n) is 5.87. The first-order chi connectivity index (χ1) is 9.42. The molecule has 0 saturated heterocycles. The van der Waals surface area contributed by atoms with Gasteiger partial charge in [0.2, 0.25) is 0 Å². The maximum absolute atomic E-state index is 13.7. The van der Waals surface area contributed by atoms with Crippen LogP contribution in [-0.2, 0) is 6.42 Å². The van der Waals surface area contributed by atoms with Gasteiger partial charge in [0.15, 0.2) is 5.82 Å². The number of nitrogens with zero attached hydrogens (tertiary/aromatic N) is 2. The van der Waals surface area contributed by atoms with Crippen molar-refractivity contribution in [2.45, 2.75) is 20.3 Å². The molecule has 20 heavy (non-hydrogen) atoms. The van der Waals surface area contributed by atoms with Crippen LogP contribution in [0.5, 0.6) is 0 Å². The van der Waals surface area contributed by atoms with Crippen molar-refractivity contribution in [3.05, 3.63) is 45.3 Å². The van der Waals surface area contributed by atoms with E-state index in [1.54, 1.807) is 6.92 Å². The molecular weight excluding hydrogens is 307 g/mol. The Morgan fingerprint density at radius 2 is 1.90 bits per heavy atom. The van der Waals surface area contributed by atoms with E-state index in [1.807, 2.05) is 6.92 Å². The molecule has 0 aliphatic rings. The number of nitrogens with one attached hydrogen (secondary N) is 1.